The summed E-state index contributed by atoms with van der Waals surface area (Å²) in [6.45, 7) is 0. The maximum atomic E-state index is 9.11. The third-order valence-electron chi connectivity index (χ3n) is 2.79. The van der Waals surface area contributed by atoms with Crippen LogP contribution in [0.25, 0.3) is 16.9 Å². The molecule has 96 valence electrons. The molecule has 2 aromatic heterocycles. The molecule has 6 heteroatoms. The largest absolute Gasteiger partial charge is 0.249 e. The second-order valence-electron chi connectivity index (χ2n) is 4.05. The number of nitriles is 1. The van der Waals surface area contributed by atoms with E-state index in [0.717, 1.165) is 10.2 Å². The fraction of sp³-hybridized carbons (Fsp3) is 0. The Morgan fingerprint density at radius 1 is 1.15 bits per heavy atom. The number of aromatic nitrogens is 4. The Hall–Kier alpha value is -2.52. The Bertz CT molecular complexity index is 786. The van der Waals surface area contributed by atoms with Crippen molar-refractivity contribution in [1.29, 1.82) is 5.26 Å². The number of benzene rings is 1. The molecule has 0 bridgehead atoms. The number of para-hydroxylation sites is 1. The second-order valence-corrected chi connectivity index (χ2v) is 4.86. The minimum Gasteiger partial charge on any atom is -0.249 e. The van der Waals surface area contributed by atoms with Crippen molar-refractivity contribution in [3.05, 3.63) is 59.0 Å². The van der Waals surface area contributed by atoms with E-state index in [-0.39, 0.29) is 0 Å². The van der Waals surface area contributed by atoms with E-state index < -0.39 is 0 Å². The normalized spacial score (nSPS) is 10.2. The molecule has 20 heavy (non-hydrogen) atoms. The lowest BCUT2D eigenvalue weighted by Gasteiger charge is -2.01. The highest BCUT2D eigenvalue weighted by atomic mass is 79.9. The van der Waals surface area contributed by atoms with E-state index in [1.165, 1.54) is 0 Å². The summed E-state index contributed by atoms with van der Waals surface area (Å²) in [6.07, 6.45) is 3.50. The van der Waals surface area contributed by atoms with Gasteiger partial charge in [-0.05, 0) is 40.2 Å². The van der Waals surface area contributed by atoms with Crippen LogP contribution in [0.1, 0.15) is 5.56 Å². The predicted octanol–water partition coefficient (Wildman–Crippen LogP) is 2.96. The van der Waals surface area contributed by atoms with Crippen molar-refractivity contribution in [2.75, 3.05) is 0 Å². The molecule has 0 saturated carbocycles. The van der Waals surface area contributed by atoms with E-state index in [2.05, 4.69) is 37.3 Å². The molecule has 3 aromatic rings. The van der Waals surface area contributed by atoms with Crippen molar-refractivity contribution in [3.8, 4) is 23.0 Å². The summed E-state index contributed by atoms with van der Waals surface area (Å²) >= 11 is 3.29. The Kier molecular flexibility index (Phi) is 3.27. The van der Waals surface area contributed by atoms with Crippen LogP contribution in [-0.2, 0) is 0 Å². The first-order valence-corrected chi connectivity index (χ1v) is 6.61. The molecule has 0 radical (unpaired) electrons. The molecule has 0 unspecified atom stereocenters. The zero-order valence-corrected chi connectivity index (χ0v) is 11.8. The fourth-order valence-electron chi connectivity index (χ4n) is 1.81. The highest BCUT2D eigenvalue weighted by Gasteiger charge is 2.08. The number of rotatable bonds is 2. The van der Waals surface area contributed by atoms with Gasteiger partial charge in [-0.25, -0.2) is 9.67 Å². The van der Waals surface area contributed by atoms with Crippen LogP contribution in [0.15, 0.2) is 53.4 Å². The van der Waals surface area contributed by atoms with Gasteiger partial charge in [0.05, 0.1) is 17.4 Å². The van der Waals surface area contributed by atoms with Gasteiger partial charge in [0.15, 0.2) is 0 Å². The van der Waals surface area contributed by atoms with Crippen molar-refractivity contribution in [2.45, 2.75) is 0 Å². The number of hydrogen-bond donors (Lipinski definition) is 0. The summed E-state index contributed by atoms with van der Waals surface area (Å²) in [4.78, 5) is 4.16. The van der Waals surface area contributed by atoms with Crippen LogP contribution in [0.4, 0.5) is 0 Å². The van der Waals surface area contributed by atoms with Gasteiger partial charge < -0.3 is 0 Å². The molecule has 0 saturated heterocycles. The third-order valence-corrected chi connectivity index (χ3v) is 3.26. The van der Waals surface area contributed by atoms with Gasteiger partial charge in [-0.2, -0.15) is 5.26 Å². The fourth-order valence-corrected chi connectivity index (χ4v) is 2.04. The summed E-state index contributed by atoms with van der Waals surface area (Å²) < 4.78 is 2.36. The van der Waals surface area contributed by atoms with E-state index in [4.69, 9.17) is 5.26 Å². The monoisotopic (exact) mass is 325 g/mol. The van der Waals surface area contributed by atoms with Crippen molar-refractivity contribution in [2.24, 2.45) is 0 Å². The highest BCUT2D eigenvalue weighted by Crippen LogP contribution is 2.19. The van der Waals surface area contributed by atoms with Crippen LogP contribution < -0.4 is 0 Å². The zero-order chi connectivity index (χ0) is 13.9. The highest BCUT2D eigenvalue weighted by molar-refractivity contribution is 9.10. The first-order valence-electron chi connectivity index (χ1n) is 5.82. The molecule has 0 fully saturated rings. The SMILES string of the molecule is N#Cc1ccccc1-n1cc(-c2ccc(Br)nc2)nn1. The first-order chi connectivity index (χ1) is 9.78. The van der Waals surface area contributed by atoms with Gasteiger partial charge in [0.1, 0.15) is 16.4 Å². The van der Waals surface area contributed by atoms with Gasteiger partial charge in [-0.3, -0.25) is 0 Å². The Balaban J connectivity index is 2.02. The molecule has 1 aromatic carbocycles. The van der Waals surface area contributed by atoms with Crippen LogP contribution in [0.3, 0.4) is 0 Å². The van der Waals surface area contributed by atoms with E-state index >= 15 is 0 Å². The Morgan fingerprint density at radius 2 is 2.00 bits per heavy atom. The topological polar surface area (TPSA) is 67.4 Å². The summed E-state index contributed by atoms with van der Waals surface area (Å²) in [7, 11) is 0. The van der Waals surface area contributed by atoms with E-state index in [1.54, 1.807) is 23.1 Å². The molecule has 0 aliphatic heterocycles. The number of hydrogen-bond acceptors (Lipinski definition) is 4. The molecule has 0 aliphatic carbocycles. The number of halogens is 1. The van der Waals surface area contributed by atoms with E-state index in [1.807, 2.05) is 30.3 Å². The molecule has 0 aliphatic rings. The van der Waals surface area contributed by atoms with Crippen molar-refractivity contribution >= 4 is 15.9 Å². The van der Waals surface area contributed by atoms with Crippen LogP contribution in [0.5, 0.6) is 0 Å². The summed E-state index contributed by atoms with van der Waals surface area (Å²) in [5.74, 6) is 0. The predicted molar refractivity (Wildman–Crippen MR) is 77.0 cm³/mol. The van der Waals surface area contributed by atoms with Crippen LogP contribution >= 0.6 is 15.9 Å². The van der Waals surface area contributed by atoms with Crippen molar-refractivity contribution in [3.63, 3.8) is 0 Å². The average Bonchev–Trinajstić information content (AvgIpc) is 2.97. The zero-order valence-electron chi connectivity index (χ0n) is 10.2. The standard InChI is InChI=1S/C14H8BrN5/c15-14-6-5-11(8-17-14)12-9-20(19-18-12)13-4-2-1-3-10(13)7-16/h1-6,8-9H. The van der Waals surface area contributed by atoms with Crippen molar-refractivity contribution in [1.82, 2.24) is 20.0 Å². The van der Waals surface area contributed by atoms with Crippen molar-refractivity contribution < 1.29 is 0 Å². The number of nitrogens with zero attached hydrogens (tertiary/aromatic N) is 5. The van der Waals surface area contributed by atoms with Gasteiger partial charge in [0.2, 0.25) is 0 Å². The molecule has 0 spiro atoms. The molecule has 5 nitrogen and oxygen atoms in total. The molecule has 0 atom stereocenters. The lowest BCUT2D eigenvalue weighted by atomic mass is 10.2. The Labute approximate surface area is 123 Å². The average molecular weight is 326 g/mol. The maximum absolute atomic E-state index is 9.11. The van der Waals surface area contributed by atoms with Crippen LogP contribution in [0.2, 0.25) is 0 Å². The van der Waals surface area contributed by atoms with Gasteiger partial charge in [-0.1, -0.05) is 17.3 Å². The maximum Gasteiger partial charge on any atom is 0.115 e. The van der Waals surface area contributed by atoms with Gasteiger partial charge in [-0.15, -0.1) is 5.10 Å². The van der Waals surface area contributed by atoms with Gasteiger partial charge in [0, 0.05) is 11.8 Å². The quantitative estimate of drug-likeness (QED) is 0.679. The Morgan fingerprint density at radius 3 is 2.75 bits per heavy atom. The first kappa shape index (κ1) is 12.5. The number of pyridine rings is 1. The van der Waals surface area contributed by atoms with Crippen LogP contribution in [0, 0.1) is 11.3 Å². The van der Waals surface area contributed by atoms with E-state index in [0.29, 0.717) is 16.9 Å². The smallest absolute Gasteiger partial charge is 0.115 e. The molecular formula is C14H8BrN5. The molecule has 2 heterocycles. The molecule has 0 N–H and O–H groups in total. The summed E-state index contributed by atoms with van der Waals surface area (Å²) in [6, 6.07) is 13.1. The lowest BCUT2D eigenvalue weighted by molar-refractivity contribution is 0.802. The minimum absolute atomic E-state index is 0.554. The minimum atomic E-state index is 0.554. The third kappa shape index (κ3) is 2.31. The molecule has 3 rings (SSSR count). The molecule has 0 amide bonds. The van der Waals surface area contributed by atoms with Gasteiger partial charge in [0.25, 0.3) is 0 Å². The van der Waals surface area contributed by atoms with Gasteiger partial charge >= 0.3 is 0 Å². The summed E-state index contributed by atoms with van der Waals surface area (Å²) in [5.41, 5.74) is 2.84. The van der Waals surface area contributed by atoms with Crippen LogP contribution in [-0.4, -0.2) is 20.0 Å². The van der Waals surface area contributed by atoms with E-state index in [9.17, 15) is 0 Å². The molecular weight excluding hydrogens is 318 g/mol. The second kappa shape index (κ2) is 5.23. The summed E-state index contributed by atoms with van der Waals surface area (Å²) in [5, 5.41) is 17.3. The lowest BCUT2D eigenvalue weighted by Crippen LogP contribution is -1.97.